The minimum absolute atomic E-state index is 0.0885. The summed E-state index contributed by atoms with van der Waals surface area (Å²) in [7, 11) is 1.68. The molecule has 1 aromatic heterocycles. The van der Waals surface area contributed by atoms with Gasteiger partial charge < -0.3 is 19.4 Å². The summed E-state index contributed by atoms with van der Waals surface area (Å²) >= 11 is 0. The Hall–Kier alpha value is -5.20. The van der Waals surface area contributed by atoms with Gasteiger partial charge in [0.2, 0.25) is 5.95 Å². The minimum atomic E-state index is -5.02. The number of halogens is 6. The summed E-state index contributed by atoms with van der Waals surface area (Å²) in [5.41, 5.74) is 0.355. The monoisotopic (exact) mass is 614 g/mol. The number of hydrogen-bond acceptors (Lipinski definition) is 4. The lowest BCUT2D eigenvalue weighted by Gasteiger charge is -2.37. The third-order valence-electron chi connectivity index (χ3n) is 6.77. The summed E-state index contributed by atoms with van der Waals surface area (Å²) in [5.74, 6) is -1.03. The van der Waals surface area contributed by atoms with Gasteiger partial charge in [0.25, 0.3) is 0 Å². The number of ether oxygens (including phenoxy) is 2. The molecule has 5 rings (SSSR count). The molecule has 0 aliphatic rings. The van der Waals surface area contributed by atoms with Gasteiger partial charge in [-0.05, 0) is 53.1 Å². The normalized spacial score (nSPS) is 12.2. The molecule has 0 fully saturated rings. The number of nitrogens with zero attached hydrogens (tertiary/aromatic N) is 2. The van der Waals surface area contributed by atoms with Gasteiger partial charge >= 0.3 is 18.8 Å². The van der Waals surface area contributed by atoms with Crippen LogP contribution in [0.25, 0.3) is 11.0 Å². The third-order valence-corrected chi connectivity index (χ3v) is 6.77. The Morgan fingerprint density at radius 1 is 0.750 bits per heavy atom. The van der Waals surface area contributed by atoms with Gasteiger partial charge in [-0.3, -0.25) is 5.32 Å². The molecule has 0 saturated carbocycles. The first-order valence-electron chi connectivity index (χ1n) is 13.1. The number of carbonyl (C=O) groups excluding carboxylic acids is 1. The minimum Gasteiger partial charge on any atom is -0.406 e. The molecule has 0 aliphatic heterocycles. The molecule has 0 bridgehead atoms. The number of anilines is 1. The predicted molar refractivity (Wildman–Crippen MR) is 150 cm³/mol. The molecule has 5 aromatic rings. The summed E-state index contributed by atoms with van der Waals surface area (Å²) in [5, 5.41) is 5.50. The zero-order chi connectivity index (χ0) is 31.5. The van der Waals surface area contributed by atoms with E-state index in [1.165, 1.54) is 24.3 Å². The van der Waals surface area contributed by atoms with Gasteiger partial charge in [-0.1, -0.05) is 66.7 Å². The second kappa shape index (κ2) is 11.8. The van der Waals surface area contributed by atoms with Crippen molar-refractivity contribution in [1.82, 2.24) is 14.9 Å². The largest absolute Gasteiger partial charge is 0.573 e. The van der Waals surface area contributed by atoms with Crippen molar-refractivity contribution in [3.05, 3.63) is 120 Å². The van der Waals surface area contributed by atoms with Gasteiger partial charge in [0, 0.05) is 13.5 Å². The number of nitrogens with one attached hydrogen (secondary N) is 2. The van der Waals surface area contributed by atoms with Crippen molar-refractivity contribution in [3.8, 4) is 11.5 Å². The van der Waals surface area contributed by atoms with Crippen LogP contribution >= 0.6 is 0 Å². The van der Waals surface area contributed by atoms with Gasteiger partial charge in [0.15, 0.2) is 0 Å². The fourth-order valence-corrected chi connectivity index (χ4v) is 4.96. The second-order valence-electron chi connectivity index (χ2n) is 9.78. The van der Waals surface area contributed by atoms with Crippen LogP contribution in [0.15, 0.2) is 103 Å². The molecule has 0 aliphatic carbocycles. The number of fused-ring (bicyclic) bond motifs is 1. The maximum Gasteiger partial charge on any atom is 0.573 e. The maximum atomic E-state index is 13.7. The van der Waals surface area contributed by atoms with Crippen molar-refractivity contribution >= 4 is 23.0 Å². The van der Waals surface area contributed by atoms with E-state index in [0.717, 1.165) is 24.3 Å². The van der Waals surface area contributed by atoms with Crippen LogP contribution < -0.4 is 20.1 Å². The Labute approximate surface area is 247 Å². The van der Waals surface area contributed by atoms with Crippen LogP contribution in [0, 0.1) is 0 Å². The topological polar surface area (TPSA) is 77.4 Å². The van der Waals surface area contributed by atoms with E-state index >= 15 is 0 Å². The Bertz CT molecular complexity index is 1710. The van der Waals surface area contributed by atoms with Crippen molar-refractivity contribution < 1.29 is 40.6 Å². The Morgan fingerprint density at radius 2 is 1.30 bits per heavy atom. The maximum absolute atomic E-state index is 13.7. The van der Waals surface area contributed by atoms with E-state index in [0.29, 0.717) is 16.6 Å². The third kappa shape index (κ3) is 7.05. The summed E-state index contributed by atoms with van der Waals surface area (Å²) in [4.78, 5) is 18.1. The van der Waals surface area contributed by atoms with E-state index in [-0.39, 0.29) is 23.5 Å². The first kappa shape index (κ1) is 30.3. The first-order chi connectivity index (χ1) is 20.8. The first-order valence-corrected chi connectivity index (χ1v) is 13.1. The van der Waals surface area contributed by atoms with Crippen molar-refractivity contribution in [2.45, 2.75) is 24.7 Å². The number of rotatable bonds is 8. The summed E-state index contributed by atoms with van der Waals surface area (Å²) in [6.07, 6.45) is -10.1. The lowest BCUT2D eigenvalue weighted by molar-refractivity contribution is -0.275. The van der Waals surface area contributed by atoms with Crippen LogP contribution in [0.2, 0.25) is 0 Å². The van der Waals surface area contributed by atoms with Gasteiger partial charge in [0.1, 0.15) is 11.5 Å². The average molecular weight is 615 g/mol. The molecule has 44 heavy (non-hydrogen) atoms. The highest BCUT2D eigenvalue weighted by atomic mass is 19.4. The molecule has 0 spiro atoms. The van der Waals surface area contributed by atoms with Gasteiger partial charge in [-0.15, -0.1) is 26.3 Å². The molecule has 0 atom stereocenters. The van der Waals surface area contributed by atoms with Crippen LogP contribution in [-0.4, -0.2) is 28.3 Å². The van der Waals surface area contributed by atoms with Crippen molar-refractivity contribution in [2.75, 3.05) is 5.32 Å². The van der Waals surface area contributed by atoms with Crippen molar-refractivity contribution in [3.63, 3.8) is 0 Å². The quantitative estimate of drug-likeness (QED) is 0.176. The van der Waals surface area contributed by atoms with Crippen molar-refractivity contribution in [1.29, 1.82) is 0 Å². The average Bonchev–Trinajstić information content (AvgIpc) is 3.26. The highest BCUT2D eigenvalue weighted by Gasteiger charge is 2.39. The van der Waals surface area contributed by atoms with Crippen LogP contribution in [0.4, 0.5) is 37.1 Å². The van der Waals surface area contributed by atoms with Gasteiger partial charge in [-0.2, -0.15) is 0 Å². The fourth-order valence-electron chi connectivity index (χ4n) is 4.96. The van der Waals surface area contributed by atoms with E-state index in [1.54, 1.807) is 66.2 Å². The molecule has 0 unspecified atom stereocenters. The number of benzene rings is 4. The van der Waals surface area contributed by atoms with E-state index in [4.69, 9.17) is 0 Å². The molecule has 0 saturated heterocycles. The van der Waals surface area contributed by atoms with Crippen LogP contribution in [-0.2, 0) is 19.0 Å². The molecule has 2 amide bonds. The molecular formula is C31H24F6N4O3. The standard InChI is InChI=1S/C31H24F6N4O3/c1-41-26-16-6-5-15-25(26)38-27(41)39-28(42)40-29(19-20-9-3-2-4-10-20,21-11-7-13-23(17-21)43-30(32,33)34)22-12-8-14-24(18-22)44-31(35,36)37/h2-18H,19H2,1H3,(H2,38,39,40,42). The molecule has 0 radical (unpaired) electrons. The molecule has 4 aromatic carbocycles. The zero-order valence-corrected chi connectivity index (χ0v) is 22.9. The summed E-state index contributed by atoms with van der Waals surface area (Å²) < 4.78 is 89.1. The van der Waals surface area contributed by atoms with Crippen LogP contribution in [0.5, 0.6) is 11.5 Å². The molecule has 7 nitrogen and oxygen atoms in total. The van der Waals surface area contributed by atoms with E-state index in [1.807, 2.05) is 0 Å². The van der Waals surface area contributed by atoms with E-state index in [2.05, 4.69) is 25.1 Å². The highest BCUT2D eigenvalue weighted by Crippen LogP contribution is 2.38. The highest BCUT2D eigenvalue weighted by molar-refractivity contribution is 5.91. The molecule has 1 heterocycles. The van der Waals surface area contributed by atoms with Gasteiger partial charge in [-0.25, -0.2) is 9.78 Å². The number of amides is 2. The SMILES string of the molecule is Cn1c(NC(=O)NC(Cc2ccccc2)(c2cccc(OC(F)(F)F)c2)c2cccc(OC(F)(F)F)c2)nc2ccccc21. The van der Waals surface area contributed by atoms with Crippen molar-refractivity contribution in [2.24, 2.45) is 7.05 Å². The Morgan fingerprint density at radius 3 is 1.84 bits per heavy atom. The summed E-state index contributed by atoms with van der Waals surface area (Å²) in [6, 6.07) is 24.6. The lowest BCUT2D eigenvalue weighted by atomic mass is 9.77. The number of alkyl halides is 6. The molecule has 228 valence electrons. The number of imidazole rings is 1. The number of aromatic nitrogens is 2. The van der Waals surface area contributed by atoms with E-state index < -0.39 is 35.8 Å². The predicted octanol–water partition coefficient (Wildman–Crippen LogP) is 7.68. The van der Waals surface area contributed by atoms with E-state index in [9.17, 15) is 31.1 Å². The smallest absolute Gasteiger partial charge is 0.406 e. The molecular weight excluding hydrogens is 590 g/mol. The van der Waals surface area contributed by atoms with Crippen LogP contribution in [0.3, 0.4) is 0 Å². The number of carbonyl (C=O) groups is 1. The Balaban J connectivity index is 1.66. The number of para-hydroxylation sites is 2. The van der Waals surface area contributed by atoms with Gasteiger partial charge in [0.05, 0.1) is 16.6 Å². The molecule has 13 heteroatoms. The summed E-state index contributed by atoms with van der Waals surface area (Å²) in [6.45, 7) is 0. The fraction of sp³-hybridized carbons (Fsp3) is 0.161. The molecule has 2 N–H and O–H groups in total. The number of hydrogen-bond donors (Lipinski definition) is 2. The number of aryl methyl sites for hydroxylation is 1. The lowest BCUT2D eigenvalue weighted by Crippen LogP contribution is -2.50. The van der Waals surface area contributed by atoms with Crippen LogP contribution in [0.1, 0.15) is 16.7 Å². The Kier molecular flexibility index (Phi) is 8.13. The number of urea groups is 1. The zero-order valence-electron chi connectivity index (χ0n) is 22.9. The second-order valence-corrected chi connectivity index (χ2v) is 9.78.